The van der Waals surface area contributed by atoms with E-state index in [0.29, 0.717) is 6.54 Å². The Labute approximate surface area is 153 Å². The molecule has 26 heavy (non-hydrogen) atoms. The van der Waals surface area contributed by atoms with E-state index in [1.165, 1.54) is 6.08 Å². The van der Waals surface area contributed by atoms with Crippen molar-refractivity contribution in [2.24, 2.45) is 0 Å². The van der Waals surface area contributed by atoms with Gasteiger partial charge in [-0.2, -0.15) is 0 Å². The fourth-order valence-corrected chi connectivity index (χ4v) is 2.74. The Bertz CT molecular complexity index is 858. The van der Waals surface area contributed by atoms with Crippen molar-refractivity contribution in [3.63, 3.8) is 0 Å². The van der Waals surface area contributed by atoms with Crippen molar-refractivity contribution in [3.8, 4) is 0 Å². The quantitative estimate of drug-likeness (QED) is 0.783. The van der Waals surface area contributed by atoms with Gasteiger partial charge in [0.2, 0.25) is 0 Å². The maximum absolute atomic E-state index is 14.7. The molecule has 0 bridgehead atoms. The molecule has 1 aliphatic heterocycles. The molecule has 4 nitrogen and oxygen atoms in total. The number of nitrogens with zero attached hydrogens (tertiary/aromatic N) is 1. The van der Waals surface area contributed by atoms with E-state index in [-0.39, 0.29) is 11.1 Å². The van der Waals surface area contributed by atoms with Crippen LogP contribution in [0.4, 0.5) is 4.39 Å². The third-order valence-corrected chi connectivity index (χ3v) is 5.02. The van der Waals surface area contributed by atoms with Crippen molar-refractivity contribution in [1.29, 1.82) is 0 Å². The van der Waals surface area contributed by atoms with Gasteiger partial charge in [0.25, 0.3) is 5.56 Å². The van der Waals surface area contributed by atoms with Gasteiger partial charge in [-0.3, -0.25) is 4.79 Å². The van der Waals surface area contributed by atoms with E-state index in [1.54, 1.807) is 22.9 Å². The van der Waals surface area contributed by atoms with Crippen LogP contribution in [0, 0.1) is 0 Å². The van der Waals surface area contributed by atoms with E-state index in [2.05, 4.69) is 0 Å². The van der Waals surface area contributed by atoms with E-state index in [0.717, 1.165) is 5.56 Å². The monoisotopic (exact) mass is 355 g/mol. The summed E-state index contributed by atoms with van der Waals surface area (Å²) in [6.45, 7) is 7.86. The normalized spacial score (nSPS) is 19.0. The summed E-state index contributed by atoms with van der Waals surface area (Å²) in [5.41, 5.74) is -0.876. The Morgan fingerprint density at radius 2 is 1.69 bits per heavy atom. The first kappa shape index (κ1) is 18.6. The molecular weight excluding hydrogens is 332 g/mol. The number of halogens is 1. The molecule has 1 aromatic heterocycles. The molecule has 1 fully saturated rings. The van der Waals surface area contributed by atoms with Gasteiger partial charge in [-0.1, -0.05) is 30.3 Å². The molecule has 0 amide bonds. The summed E-state index contributed by atoms with van der Waals surface area (Å²) < 4.78 is 27.6. The van der Waals surface area contributed by atoms with Crippen molar-refractivity contribution < 1.29 is 13.7 Å². The molecule has 6 heteroatoms. The first-order chi connectivity index (χ1) is 12.2. The SMILES string of the molecule is CC1(C)OB(C(F)=Cc2cccn(Cc3ccccc3)c2=O)OC1(C)C. The van der Waals surface area contributed by atoms with Gasteiger partial charge in [-0.05, 0) is 51.5 Å². The molecule has 3 rings (SSSR count). The second-order valence-corrected chi connectivity index (χ2v) is 7.50. The van der Waals surface area contributed by atoms with Crippen LogP contribution in [0.1, 0.15) is 38.8 Å². The van der Waals surface area contributed by atoms with E-state index in [4.69, 9.17) is 9.31 Å². The zero-order valence-corrected chi connectivity index (χ0v) is 15.5. The summed E-state index contributed by atoms with van der Waals surface area (Å²) in [6, 6.07) is 13.0. The van der Waals surface area contributed by atoms with Crippen molar-refractivity contribution >= 4 is 13.2 Å². The molecule has 1 aliphatic rings. The molecule has 136 valence electrons. The van der Waals surface area contributed by atoms with Gasteiger partial charge in [0.15, 0.2) is 0 Å². The zero-order valence-electron chi connectivity index (χ0n) is 15.5. The van der Waals surface area contributed by atoms with Gasteiger partial charge in [0, 0.05) is 11.8 Å². The van der Waals surface area contributed by atoms with Crippen LogP contribution in [0.15, 0.2) is 59.2 Å². The van der Waals surface area contributed by atoms with Crippen LogP contribution in [-0.4, -0.2) is 22.9 Å². The van der Waals surface area contributed by atoms with Gasteiger partial charge < -0.3 is 13.9 Å². The van der Waals surface area contributed by atoms with Crippen LogP contribution in [0.3, 0.4) is 0 Å². The first-order valence-electron chi connectivity index (χ1n) is 8.66. The molecule has 2 heterocycles. The minimum atomic E-state index is -1.11. The summed E-state index contributed by atoms with van der Waals surface area (Å²) in [5, 5.41) is 0. The maximum atomic E-state index is 14.7. The molecule has 0 unspecified atom stereocenters. The lowest BCUT2D eigenvalue weighted by Crippen LogP contribution is -2.41. The van der Waals surface area contributed by atoms with E-state index in [1.807, 2.05) is 58.0 Å². The van der Waals surface area contributed by atoms with Crippen LogP contribution in [0.25, 0.3) is 6.08 Å². The Balaban J connectivity index is 1.85. The highest BCUT2D eigenvalue weighted by Gasteiger charge is 2.53. The van der Waals surface area contributed by atoms with E-state index in [9.17, 15) is 9.18 Å². The van der Waals surface area contributed by atoms with Crippen LogP contribution >= 0.6 is 0 Å². The number of rotatable bonds is 4. The lowest BCUT2D eigenvalue weighted by molar-refractivity contribution is 0.00578. The Morgan fingerprint density at radius 1 is 1.08 bits per heavy atom. The highest BCUT2D eigenvalue weighted by atomic mass is 19.1. The Hall–Kier alpha value is -2.18. The lowest BCUT2D eigenvalue weighted by Gasteiger charge is -2.32. The van der Waals surface area contributed by atoms with Crippen molar-refractivity contribution in [3.05, 3.63) is 75.9 Å². The highest BCUT2D eigenvalue weighted by molar-refractivity contribution is 6.54. The van der Waals surface area contributed by atoms with E-state index >= 15 is 0 Å². The van der Waals surface area contributed by atoms with Crippen molar-refractivity contribution in [1.82, 2.24) is 4.57 Å². The third kappa shape index (κ3) is 3.66. The highest BCUT2D eigenvalue weighted by Crippen LogP contribution is 2.38. The van der Waals surface area contributed by atoms with Gasteiger partial charge in [0.1, 0.15) is 5.73 Å². The second-order valence-electron chi connectivity index (χ2n) is 7.50. The number of pyridine rings is 1. The average Bonchev–Trinajstić information content (AvgIpc) is 2.80. The van der Waals surface area contributed by atoms with Crippen molar-refractivity contribution in [2.45, 2.75) is 45.4 Å². The molecule has 0 spiro atoms. The van der Waals surface area contributed by atoms with E-state index < -0.39 is 24.0 Å². The molecule has 1 aromatic carbocycles. The molecule has 2 aromatic rings. The molecule has 0 radical (unpaired) electrons. The summed E-state index contributed by atoms with van der Waals surface area (Å²) in [6.07, 6.45) is 2.89. The third-order valence-electron chi connectivity index (χ3n) is 5.02. The standard InChI is InChI=1S/C20H23BFNO3/c1-19(2)20(3,4)26-21(25-19)17(22)13-16-11-8-12-23(18(16)24)14-15-9-6-5-7-10-15/h5-13H,14H2,1-4H3. The molecule has 0 N–H and O–H groups in total. The van der Waals surface area contributed by atoms with Crippen LogP contribution in [-0.2, 0) is 15.9 Å². The fraction of sp³-hybridized carbons (Fsp3) is 0.350. The Morgan fingerprint density at radius 3 is 2.31 bits per heavy atom. The first-order valence-corrected chi connectivity index (χ1v) is 8.66. The van der Waals surface area contributed by atoms with Crippen LogP contribution in [0.2, 0.25) is 0 Å². The van der Waals surface area contributed by atoms with Crippen LogP contribution < -0.4 is 5.56 Å². The lowest BCUT2D eigenvalue weighted by atomic mass is 9.87. The van der Waals surface area contributed by atoms with Crippen LogP contribution in [0.5, 0.6) is 0 Å². The average molecular weight is 355 g/mol. The van der Waals surface area contributed by atoms with Crippen molar-refractivity contribution in [2.75, 3.05) is 0 Å². The summed E-state index contributed by atoms with van der Waals surface area (Å²) in [7, 11) is -1.11. The zero-order chi connectivity index (χ0) is 18.9. The maximum Gasteiger partial charge on any atom is 0.525 e. The minimum absolute atomic E-state index is 0.260. The van der Waals surface area contributed by atoms with Gasteiger partial charge >= 0.3 is 7.12 Å². The fourth-order valence-electron chi connectivity index (χ4n) is 2.74. The Kier molecular flexibility index (Phi) is 4.91. The minimum Gasteiger partial charge on any atom is -0.398 e. The number of benzene rings is 1. The van der Waals surface area contributed by atoms with Gasteiger partial charge in [-0.25, -0.2) is 4.39 Å². The topological polar surface area (TPSA) is 40.5 Å². The molecule has 1 saturated heterocycles. The number of hydrogen-bond acceptors (Lipinski definition) is 3. The van der Waals surface area contributed by atoms with Gasteiger partial charge in [-0.15, -0.1) is 0 Å². The number of hydrogen-bond donors (Lipinski definition) is 0. The summed E-state index contributed by atoms with van der Waals surface area (Å²) in [4.78, 5) is 12.6. The molecule has 0 aliphatic carbocycles. The van der Waals surface area contributed by atoms with Gasteiger partial charge in [0.05, 0.1) is 17.7 Å². The largest absolute Gasteiger partial charge is 0.525 e. The smallest absolute Gasteiger partial charge is 0.398 e. The number of aromatic nitrogens is 1. The molecule has 0 atom stereocenters. The molecule has 0 saturated carbocycles. The predicted octanol–water partition coefficient (Wildman–Crippen LogP) is 3.84. The molecular formula is C20H23BFNO3. The predicted molar refractivity (Wildman–Crippen MR) is 101 cm³/mol. The second kappa shape index (κ2) is 6.85. The summed E-state index contributed by atoms with van der Waals surface area (Å²) in [5.74, 6) is 0. The summed E-state index contributed by atoms with van der Waals surface area (Å²) >= 11 is 0.